The maximum atomic E-state index is 8.89. The minimum atomic E-state index is 0.568. The molecule has 0 N–H and O–H groups in total. The van der Waals surface area contributed by atoms with E-state index in [1.165, 1.54) is 0 Å². The molecule has 3 heteroatoms. The normalized spacial score (nSPS) is 9.85. The van der Waals surface area contributed by atoms with Crippen LogP contribution in [0, 0.1) is 18.3 Å². The van der Waals surface area contributed by atoms with Gasteiger partial charge in [0, 0.05) is 17.8 Å². The predicted octanol–water partition coefficient (Wildman–Crippen LogP) is 1.81. The van der Waals surface area contributed by atoms with E-state index in [9.17, 15) is 0 Å². The third-order valence-electron chi connectivity index (χ3n) is 1.95. The highest BCUT2D eigenvalue weighted by molar-refractivity contribution is 5.83. The predicted molar refractivity (Wildman–Crippen MR) is 49.0 cm³/mol. The summed E-state index contributed by atoms with van der Waals surface area (Å²) in [6, 6.07) is 5.85. The van der Waals surface area contributed by atoms with Gasteiger partial charge in [-0.25, -0.2) is 0 Å². The first-order valence-electron chi connectivity index (χ1n) is 3.93. The van der Waals surface area contributed by atoms with Gasteiger partial charge in [0.05, 0.1) is 16.8 Å². The Kier molecular flexibility index (Phi) is 1.67. The lowest BCUT2D eigenvalue weighted by Crippen LogP contribution is -1.91. The molecule has 0 aliphatic rings. The van der Waals surface area contributed by atoms with Gasteiger partial charge in [0.15, 0.2) is 0 Å². The number of pyridine rings is 2. The highest BCUT2D eigenvalue weighted by Crippen LogP contribution is 2.16. The lowest BCUT2D eigenvalue weighted by atomic mass is 10.1. The number of hydrogen-bond acceptors (Lipinski definition) is 3. The van der Waals surface area contributed by atoms with E-state index in [-0.39, 0.29) is 0 Å². The molecule has 0 spiro atoms. The van der Waals surface area contributed by atoms with Gasteiger partial charge in [0.25, 0.3) is 0 Å². The minimum absolute atomic E-state index is 0.568. The molecule has 3 nitrogen and oxygen atoms in total. The lowest BCUT2D eigenvalue weighted by molar-refractivity contribution is 1.19. The van der Waals surface area contributed by atoms with Crippen LogP contribution in [0.2, 0.25) is 0 Å². The molecule has 62 valence electrons. The largest absolute Gasteiger partial charge is 0.259 e. The number of aromatic nitrogens is 2. The summed E-state index contributed by atoms with van der Waals surface area (Å²) in [5.41, 5.74) is 2.03. The Hall–Kier alpha value is -1.95. The highest BCUT2D eigenvalue weighted by atomic mass is 14.7. The third-order valence-corrected chi connectivity index (χ3v) is 1.95. The molecule has 0 fully saturated rings. The number of nitriles is 1. The summed E-state index contributed by atoms with van der Waals surface area (Å²) < 4.78 is 0. The molecule has 0 bridgehead atoms. The fraction of sp³-hybridized carbons (Fsp3) is 0.100. The van der Waals surface area contributed by atoms with Gasteiger partial charge in [0.2, 0.25) is 0 Å². The number of aryl methyl sites for hydroxylation is 1. The van der Waals surface area contributed by atoms with Crippen molar-refractivity contribution in [3.8, 4) is 6.07 Å². The number of nitrogens with zero attached hydrogens (tertiary/aromatic N) is 3. The van der Waals surface area contributed by atoms with Crippen molar-refractivity contribution in [1.82, 2.24) is 9.97 Å². The van der Waals surface area contributed by atoms with Crippen LogP contribution in [0.3, 0.4) is 0 Å². The molecule has 0 saturated carbocycles. The first-order chi connectivity index (χ1) is 6.33. The van der Waals surface area contributed by atoms with Crippen molar-refractivity contribution in [2.24, 2.45) is 0 Å². The second kappa shape index (κ2) is 2.83. The first kappa shape index (κ1) is 7.69. The molecule has 0 radical (unpaired) electrons. The summed E-state index contributed by atoms with van der Waals surface area (Å²) in [5.74, 6) is 0. The Morgan fingerprint density at radius 1 is 1.38 bits per heavy atom. The zero-order valence-electron chi connectivity index (χ0n) is 7.15. The van der Waals surface area contributed by atoms with Gasteiger partial charge in [-0.05, 0) is 19.1 Å². The average Bonchev–Trinajstić information content (AvgIpc) is 2.18. The zero-order chi connectivity index (χ0) is 9.26. The maximum Gasteiger partial charge on any atom is 0.103 e. The Morgan fingerprint density at radius 2 is 2.23 bits per heavy atom. The maximum absolute atomic E-state index is 8.89. The van der Waals surface area contributed by atoms with E-state index in [0.29, 0.717) is 5.56 Å². The summed E-state index contributed by atoms with van der Waals surface area (Å²) in [5, 5.41) is 9.79. The molecular formula is C10H7N3. The monoisotopic (exact) mass is 169 g/mol. The Balaban J connectivity index is 2.94. The second-order valence-corrected chi connectivity index (χ2v) is 2.77. The Bertz CT molecular complexity index is 497. The van der Waals surface area contributed by atoms with Crippen LogP contribution in [0.5, 0.6) is 0 Å². The van der Waals surface area contributed by atoms with Crippen LogP contribution in [0.4, 0.5) is 0 Å². The van der Waals surface area contributed by atoms with Crippen LogP contribution < -0.4 is 0 Å². The van der Waals surface area contributed by atoms with Crippen molar-refractivity contribution in [3.05, 3.63) is 35.8 Å². The quantitative estimate of drug-likeness (QED) is 0.604. The van der Waals surface area contributed by atoms with Gasteiger partial charge >= 0.3 is 0 Å². The fourth-order valence-electron chi connectivity index (χ4n) is 1.27. The van der Waals surface area contributed by atoms with Crippen molar-refractivity contribution in [3.63, 3.8) is 0 Å². The van der Waals surface area contributed by atoms with E-state index in [1.54, 1.807) is 12.4 Å². The molecule has 2 aromatic rings. The molecule has 0 unspecified atom stereocenters. The van der Waals surface area contributed by atoms with Gasteiger partial charge in [-0.3, -0.25) is 9.97 Å². The van der Waals surface area contributed by atoms with Crippen molar-refractivity contribution in [1.29, 1.82) is 5.26 Å². The number of rotatable bonds is 0. The van der Waals surface area contributed by atoms with Gasteiger partial charge in [0.1, 0.15) is 6.07 Å². The standard InChI is InChI=1S/C10H7N3/c1-7-9(5-11)10-8(6-13-7)3-2-4-12-10/h2-4,6H,1H3. The van der Waals surface area contributed by atoms with Crippen LogP contribution in [0.15, 0.2) is 24.5 Å². The molecule has 0 aliphatic carbocycles. The molecule has 0 saturated heterocycles. The highest BCUT2D eigenvalue weighted by Gasteiger charge is 2.04. The smallest absolute Gasteiger partial charge is 0.103 e. The molecule has 2 aromatic heterocycles. The molecule has 13 heavy (non-hydrogen) atoms. The van der Waals surface area contributed by atoms with Crippen molar-refractivity contribution in [2.45, 2.75) is 6.92 Å². The molecule has 0 aromatic carbocycles. The lowest BCUT2D eigenvalue weighted by Gasteiger charge is -1.99. The zero-order valence-corrected chi connectivity index (χ0v) is 7.15. The van der Waals surface area contributed by atoms with E-state index in [1.807, 2.05) is 19.1 Å². The molecular weight excluding hydrogens is 162 g/mol. The summed E-state index contributed by atoms with van der Waals surface area (Å²) in [6.07, 6.45) is 3.42. The van der Waals surface area contributed by atoms with Crippen LogP contribution in [-0.4, -0.2) is 9.97 Å². The van der Waals surface area contributed by atoms with Gasteiger partial charge in [-0.15, -0.1) is 0 Å². The third kappa shape index (κ3) is 1.13. The second-order valence-electron chi connectivity index (χ2n) is 2.77. The van der Waals surface area contributed by atoms with Crippen molar-refractivity contribution >= 4 is 10.9 Å². The fourth-order valence-corrected chi connectivity index (χ4v) is 1.27. The Labute approximate surface area is 75.7 Å². The minimum Gasteiger partial charge on any atom is -0.259 e. The summed E-state index contributed by atoms with van der Waals surface area (Å²) >= 11 is 0. The summed E-state index contributed by atoms with van der Waals surface area (Å²) in [4.78, 5) is 8.27. The van der Waals surface area contributed by atoms with Crippen LogP contribution in [-0.2, 0) is 0 Å². The topological polar surface area (TPSA) is 49.6 Å². The first-order valence-corrected chi connectivity index (χ1v) is 3.93. The van der Waals surface area contributed by atoms with Gasteiger partial charge in [-0.2, -0.15) is 5.26 Å². The van der Waals surface area contributed by atoms with E-state index in [2.05, 4.69) is 16.0 Å². The molecule has 0 atom stereocenters. The Morgan fingerprint density at radius 3 is 3.00 bits per heavy atom. The van der Waals surface area contributed by atoms with Crippen molar-refractivity contribution < 1.29 is 0 Å². The number of fused-ring (bicyclic) bond motifs is 1. The molecule has 0 amide bonds. The van der Waals surface area contributed by atoms with E-state index < -0.39 is 0 Å². The summed E-state index contributed by atoms with van der Waals surface area (Å²) in [6.45, 7) is 1.81. The molecule has 0 aliphatic heterocycles. The van der Waals surface area contributed by atoms with E-state index in [0.717, 1.165) is 16.6 Å². The molecule has 2 rings (SSSR count). The van der Waals surface area contributed by atoms with Crippen LogP contribution in [0.25, 0.3) is 10.9 Å². The van der Waals surface area contributed by atoms with E-state index in [4.69, 9.17) is 5.26 Å². The van der Waals surface area contributed by atoms with Crippen LogP contribution in [0.1, 0.15) is 11.3 Å². The SMILES string of the molecule is Cc1ncc2cccnc2c1C#N. The molecule has 2 heterocycles. The van der Waals surface area contributed by atoms with Gasteiger partial charge < -0.3 is 0 Å². The number of hydrogen-bond donors (Lipinski definition) is 0. The summed E-state index contributed by atoms with van der Waals surface area (Å²) in [7, 11) is 0. The van der Waals surface area contributed by atoms with Gasteiger partial charge in [-0.1, -0.05) is 0 Å². The van der Waals surface area contributed by atoms with Crippen molar-refractivity contribution in [2.75, 3.05) is 0 Å². The average molecular weight is 169 g/mol. The van der Waals surface area contributed by atoms with Crippen LogP contribution >= 0.6 is 0 Å². The van der Waals surface area contributed by atoms with E-state index >= 15 is 0 Å².